The van der Waals surface area contributed by atoms with Gasteiger partial charge in [-0.15, -0.1) is 0 Å². The van der Waals surface area contributed by atoms with E-state index >= 15 is 0 Å². The molecule has 0 saturated heterocycles. The molecule has 0 aliphatic heterocycles. The van der Waals surface area contributed by atoms with E-state index in [4.69, 9.17) is 0 Å². The number of hydrogen-bond acceptors (Lipinski definition) is 0. The van der Waals surface area contributed by atoms with Crippen LogP contribution in [0, 0.1) is 0 Å². The van der Waals surface area contributed by atoms with Crippen LogP contribution in [0.5, 0.6) is 0 Å². The van der Waals surface area contributed by atoms with Crippen LogP contribution >= 0.6 is 0 Å². The van der Waals surface area contributed by atoms with E-state index in [0.29, 0.717) is 0 Å². The van der Waals surface area contributed by atoms with Gasteiger partial charge >= 0.3 is 12.4 Å². The highest BCUT2D eigenvalue weighted by atomic mass is 19.4. The normalized spacial score (nSPS) is 8.70. The minimum Gasteiger partial charge on any atom is -0.169 e. The van der Waals surface area contributed by atoms with E-state index in [2.05, 4.69) is 0 Å². The second kappa shape index (κ2) is 41.4. The average Bonchev–Trinajstić information content (AvgIpc) is 3.09. The lowest BCUT2D eigenvalue weighted by Crippen LogP contribution is -2.54. The first-order valence-corrected chi connectivity index (χ1v) is 16.0. The lowest BCUT2D eigenvalue weighted by molar-refractivity contribution is -0.288. The van der Waals surface area contributed by atoms with Crippen molar-refractivity contribution in [1.82, 2.24) is 0 Å². The van der Waals surface area contributed by atoms with Crippen molar-refractivity contribution in [2.75, 3.05) is 0 Å². The maximum Gasteiger partial charge on any atom is 0.411 e. The largest absolute Gasteiger partial charge is 0.411 e. The van der Waals surface area contributed by atoms with Crippen LogP contribution in [0.1, 0.15) is 122 Å². The fourth-order valence-corrected chi connectivity index (χ4v) is 2.74. The van der Waals surface area contributed by atoms with Gasteiger partial charge in [0, 0.05) is 0 Å². The van der Waals surface area contributed by atoms with Gasteiger partial charge in [-0.3, -0.25) is 0 Å². The van der Waals surface area contributed by atoms with Crippen molar-refractivity contribution in [3.63, 3.8) is 0 Å². The van der Waals surface area contributed by atoms with Crippen LogP contribution in [0.4, 0.5) is 26.3 Å². The summed E-state index contributed by atoms with van der Waals surface area (Å²) in [7, 11) is 0. The van der Waals surface area contributed by atoms with Gasteiger partial charge in [0.05, 0.1) is 0 Å². The highest BCUT2D eigenvalue weighted by Crippen LogP contribution is 2.55. The third kappa shape index (κ3) is 22.4. The second-order valence-electron chi connectivity index (χ2n) is 5.63. The number of benzene rings is 3. The first-order chi connectivity index (χ1) is 20.7. The monoisotopic (exact) mass is 622 g/mol. The molecular formula is C37H64F6. The summed E-state index contributed by atoms with van der Waals surface area (Å²) in [6.45, 7) is 32.0. The van der Waals surface area contributed by atoms with E-state index in [1.807, 2.05) is 147 Å². The molecule has 0 bridgehead atoms. The Labute approximate surface area is 263 Å². The SMILES string of the molecule is CC.CC.CC.CC.CC.CC.CC.CC.FC(F)(F)C(c1ccccc1)(c1ccccc1)C(F)(F)F.c1ccccc1. The molecule has 0 unspecified atom stereocenters. The van der Waals surface area contributed by atoms with Gasteiger partial charge in [-0.1, -0.05) is 208 Å². The number of rotatable bonds is 2. The molecule has 0 heterocycles. The van der Waals surface area contributed by atoms with Gasteiger partial charge in [-0.25, -0.2) is 0 Å². The lowest BCUT2D eigenvalue weighted by Gasteiger charge is -2.38. The molecule has 0 fully saturated rings. The average molecular weight is 623 g/mol. The van der Waals surface area contributed by atoms with E-state index in [-0.39, 0.29) is 0 Å². The van der Waals surface area contributed by atoms with E-state index in [1.165, 1.54) is 12.1 Å². The van der Waals surface area contributed by atoms with Crippen molar-refractivity contribution in [2.24, 2.45) is 0 Å². The molecule has 0 N–H and O–H groups in total. The molecule has 0 amide bonds. The van der Waals surface area contributed by atoms with E-state index in [0.717, 1.165) is 48.5 Å². The molecule has 0 nitrogen and oxygen atoms in total. The fraction of sp³-hybridized carbons (Fsp3) is 0.514. The lowest BCUT2D eigenvalue weighted by atomic mass is 9.73. The third-order valence-electron chi connectivity index (χ3n) is 3.93. The molecule has 0 spiro atoms. The van der Waals surface area contributed by atoms with Crippen LogP contribution in [0.15, 0.2) is 97.1 Å². The molecule has 0 aliphatic carbocycles. The summed E-state index contributed by atoms with van der Waals surface area (Å²) < 4.78 is 81.1. The summed E-state index contributed by atoms with van der Waals surface area (Å²) in [5.74, 6) is 0. The Hall–Kier alpha value is -2.76. The number of hydrogen-bond donors (Lipinski definition) is 0. The minimum absolute atomic E-state index is 0.841. The Balaban J connectivity index is -0.0000000977. The standard InChI is InChI=1S/C15H10F6.C6H6.8C2H6/c16-14(17,18)13(15(19,20)21,11-7-3-1-4-8-11)12-9-5-2-6-10-12;1-2-4-6-5-3-1;8*1-2/h1-10H;1-6H;8*1-2H3. The van der Waals surface area contributed by atoms with Crippen molar-refractivity contribution >= 4 is 0 Å². The zero-order valence-electron chi connectivity index (χ0n) is 30.0. The Morgan fingerprint density at radius 3 is 0.558 bits per heavy atom. The molecule has 3 aromatic rings. The van der Waals surface area contributed by atoms with E-state index in [1.54, 1.807) is 0 Å². The molecule has 0 saturated carbocycles. The van der Waals surface area contributed by atoms with Crippen molar-refractivity contribution in [3.05, 3.63) is 108 Å². The molecule has 0 radical (unpaired) electrons. The van der Waals surface area contributed by atoms with Crippen LogP contribution in [0.3, 0.4) is 0 Å². The third-order valence-corrected chi connectivity index (χ3v) is 3.93. The first kappa shape index (κ1) is 56.1. The fourth-order valence-electron chi connectivity index (χ4n) is 2.74. The predicted molar refractivity (Wildman–Crippen MR) is 183 cm³/mol. The first-order valence-electron chi connectivity index (χ1n) is 16.0. The van der Waals surface area contributed by atoms with Gasteiger partial charge in [0.25, 0.3) is 0 Å². The summed E-state index contributed by atoms with van der Waals surface area (Å²) in [4.78, 5) is 0. The molecule has 3 rings (SSSR count). The summed E-state index contributed by atoms with van der Waals surface area (Å²) >= 11 is 0. The summed E-state index contributed by atoms with van der Waals surface area (Å²) in [5, 5.41) is 0. The Morgan fingerprint density at radius 2 is 0.419 bits per heavy atom. The highest BCUT2D eigenvalue weighted by molar-refractivity contribution is 5.43. The van der Waals surface area contributed by atoms with Gasteiger partial charge < -0.3 is 0 Å². The highest BCUT2D eigenvalue weighted by Gasteiger charge is 2.72. The number of halogens is 6. The molecule has 254 valence electrons. The summed E-state index contributed by atoms with van der Waals surface area (Å²) in [5.41, 5.74) is -5.74. The second-order valence-corrected chi connectivity index (χ2v) is 5.63. The Morgan fingerprint density at radius 1 is 0.279 bits per heavy atom. The zero-order valence-corrected chi connectivity index (χ0v) is 30.0. The van der Waals surface area contributed by atoms with E-state index < -0.39 is 28.9 Å². The predicted octanol–water partition coefficient (Wildman–Crippen LogP) is 15.0. The van der Waals surface area contributed by atoms with Crippen LogP contribution in [0.2, 0.25) is 0 Å². The van der Waals surface area contributed by atoms with Crippen molar-refractivity contribution in [3.8, 4) is 0 Å². The van der Waals surface area contributed by atoms with E-state index in [9.17, 15) is 26.3 Å². The Bertz CT molecular complexity index is 715. The summed E-state index contributed by atoms with van der Waals surface area (Å²) in [6.07, 6.45) is -11.0. The quantitative estimate of drug-likeness (QED) is 0.249. The van der Waals surface area contributed by atoms with Crippen molar-refractivity contribution in [2.45, 2.75) is 129 Å². The molecule has 3 aromatic carbocycles. The van der Waals surface area contributed by atoms with Gasteiger partial charge in [0.15, 0.2) is 0 Å². The molecule has 0 atom stereocenters. The topological polar surface area (TPSA) is 0 Å². The molecule has 6 heteroatoms. The molecule has 0 aliphatic rings. The van der Waals surface area contributed by atoms with Crippen LogP contribution in [-0.4, -0.2) is 12.4 Å². The van der Waals surface area contributed by atoms with Gasteiger partial charge in [0.1, 0.15) is 0 Å². The van der Waals surface area contributed by atoms with Crippen LogP contribution in [0.25, 0.3) is 0 Å². The van der Waals surface area contributed by atoms with Gasteiger partial charge in [-0.2, -0.15) is 26.3 Å². The molecule has 0 aromatic heterocycles. The number of alkyl halides is 6. The van der Waals surface area contributed by atoms with Crippen molar-refractivity contribution in [1.29, 1.82) is 0 Å². The zero-order chi connectivity index (χ0) is 36.0. The summed E-state index contributed by atoms with van der Waals surface area (Å²) in [6, 6.07) is 22.7. The Kier molecular flexibility index (Phi) is 54.0. The van der Waals surface area contributed by atoms with Gasteiger partial charge in [0.2, 0.25) is 5.41 Å². The maximum absolute atomic E-state index is 13.5. The minimum atomic E-state index is -5.52. The van der Waals surface area contributed by atoms with Crippen LogP contribution < -0.4 is 0 Å². The molecule has 43 heavy (non-hydrogen) atoms. The van der Waals surface area contributed by atoms with Crippen molar-refractivity contribution < 1.29 is 26.3 Å². The maximum atomic E-state index is 13.5. The molecular weight excluding hydrogens is 558 g/mol. The smallest absolute Gasteiger partial charge is 0.169 e. The van der Waals surface area contributed by atoms with Crippen LogP contribution in [-0.2, 0) is 5.41 Å². The van der Waals surface area contributed by atoms with Gasteiger partial charge in [-0.05, 0) is 11.1 Å².